The Morgan fingerprint density at radius 3 is 1.79 bits per heavy atom. The van der Waals surface area contributed by atoms with Crippen LogP contribution in [0.25, 0.3) is 0 Å². The summed E-state index contributed by atoms with van der Waals surface area (Å²) in [5.74, 6) is 2.37. The van der Waals surface area contributed by atoms with Crippen LogP contribution in [0, 0.1) is 17.8 Å². The lowest BCUT2D eigenvalue weighted by Crippen LogP contribution is -2.06. The van der Waals surface area contributed by atoms with E-state index in [0.717, 1.165) is 37.0 Å². The van der Waals surface area contributed by atoms with Gasteiger partial charge in [-0.3, -0.25) is 4.79 Å². The van der Waals surface area contributed by atoms with Crippen LogP contribution in [-0.4, -0.2) is 12.6 Å². The van der Waals surface area contributed by atoms with Crippen molar-refractivity contribution >= 4 is 5.97 Å². The van der Waals surface area contributed by atoms with E-state index in [1.807, 2.05) is 0 Å². The molecule has 0 aromatic rings. The minimum atomic E-state index is -0.0308. The third kappa shape index (κ3) is 24.3. The Morgan fingerprint density at radius 2 is 1.21 bits per heavy atom. The molecule has 0 heterocycles. The molecule has 0 saturated carbocycles. The number of esters is 1. The first kappa shape index (κ1) is 33.2. The Morgan fingerprint density at radius 1 is 0.676 bits per heavy atom. The second kappa shape index (κ2) is 23.9. The molecule has 0 aliphatic rings. The van der Waals surface area contributed by atoms with E-state index in [1.165, 1.54) is 102 Å². The van der Waals surface area contributed by atoms with Crippen LogP contribution >= 0.6 is 0 Å². The highest BCUT2D eigenvalue weighted by Gasteiger charge is 2.10. The lowest BCUT2D eigenvalue weighted by Gasteiger charge is -2.18. The van der Waals surface area contributed by atoms with Gasteiger partial charge in [-0.2, -0.15) is 0 Å². The van der Waals surface area contributed by atoms with Gasteiger partial charge >= 0.3 is 5.97 Å². The molecule has 0 aromatic heterocycles. The van der Waals surface area contributed by atoms with Gasteiger partial charge in [0.15, 0.2) is 0 Å². The van der Waals surface area contributed by atoms with Crippen molar-refractivity contribution in [2.75, 3.05) is 6.61 Å². The van der Waals surface area contributed by atoms with Crippen LogP contribution in [0.15, 0.2) is 11.6 Å². The number of carbonyl (C=O) groups excluding carboxylic acids is 1. The maximum atomic E-state index is 12.0. The SMILES string of the molecule is CCCCCCCCCCCCC/C(C)=C/COC(=O)CCCCC(C)CC(C)CCC(C)C. The van der Waals surface area contributed by atoms with E-state index >= 15 is 0 Å². The Labute approximate surface area is 215 Å². The van der Waals surface area contributed by atoms with Crippen molar-refractivity contribution in [2.24, 2.45) is 17.8 Å². The molecule has 0 radical (unpaired) electrons. The molecule has 0 spiro atoms. The van der Waals surface area contributed by atoms with Gasteiger partial charge in [-0.25, -0.2) is 0 Å². The van der Waals surface area contributed by atoms with Crippen LogP contribution in [0.1, 0.15) is 164 Å². The molecule has 2 unspecified atom stereocenters. The van der Waals surface area contributed by atoms with Crippen molar-refractivity contribution < 1.29 is 9.53 Å². The molecule has 0 fully saturated rings. The van der Waals surface area contributed by atoms with Gasteiger partial charge in [-0.05, 0) is 56.4 Å². The minimum Gasteiger partial charge on any atom is -0.461 e. The molecule has 2 heteroatoms. The first-order valence-electron chi connectivity index (χ1n) is 15.2. The molecule has 0 aliphatic carbocycles. The van der Waals surface area contributed by atoms with Gasteiger partial charge in [-0.1, -0.05) is 130 Å². The van der Waals surface area contributed by atoms with Crippen molar-refractivity contribution in [1.29, 1.82) is 0 Å². The fourth-order valence-electron chi connectivity index (χ4n) is 4.82. The lowest BCUT2D eigenvalue weighted by molar-refractivity contribution is -0.142. The normalized spacial score (nSPS) is 13.9. The lowest BCUT2D eigenvalue weighted by atomic mass is 9.88. The Balaban J connectivity index is 3.58. The maximum Gasteiger partial charge on any atom is 0.306 e. The van der Waals surface area contributed by atoms with Crippen molar-refractivity contribution in [3.8, 4) is 0 Å². The molecule has 2 nitrogen and oxygen atoms in total. The van der Waals surface area contributed by atoms with Gasteiger partial charge in [0, 0.05) is 6.42 Å². The highest BCUT2D eigenvalue weighted by molar-refractivity contribution is 5.69. The van der Waals surface area contributed by atoms with Crippen LogP contribution in [-0.2, 0) is 9.53 Å². The van der Waals surface area contributed by atoms with Gasteiger partial charge in [0.1, 0.15) is 6.61 Å². The Kier molecular flexibility index (Phi) is 23.4. The standard InChI is InChI=1S/C32H62O2/c1-7-8-9-10-11-12-13-14-15-16-17-20-29(4)25-26-34-32(33)22-19-18-21-30(5)27-31(6)24-23-28(2)3/h25,28,30-31H,7-24,26-27H2,1-6H3/b29-25+. The van der Waals surface area contributed by atoms with E-state index < -0.39 is 0 Å². The van der Waals surface area contributed by atoms with E-state index in [4.69, 9.17) is 4.74 Å². The summed E-state index contributed by atoms with van der Waals surface area (Å²) in [5.41, 5.74) is 1.36. The van der Waals surface area contributed by atoms with Crippen LogP contribution in [0.4, 0.5) is 0 Å². The monoisotopic (exact) mass is 478 g/mol. The molecule has 0 aliphatic heterocycles. The number of hydrogen-bond acceptors (Lipinski definition) is 2. The second-order valence-electron chi connectivity index (χ2n) is 11.7. The zero-order valence-corrected chi connectivity index (χ0v) is 24.3. The summed E-state index contributed by atoms with van der Waals surface area (Å²) >= 11 is 0. The van der Waals surface area contributed by atoms with Crippen LogP contribution < -0.4 is 0 Å². The van der Waals surface area contributed by atoms with Crippen molar-refractivity contribution in [2.45, 2.75) is 164 Å². The predicted molar refractivity (Wildman–Crippen MR) is 151 cm³/mol. The molecule has 34 heavy (non-hydrogen) atoms. The van der Waals surface area contributed by atoms with Gasteiger partial charge < -0.3 is 4.74 Å². The van der Waals surface area contributed by atoms with Crippen molar-refractivity contribution in [3.63, 3.8) is 0 Å². The molecule has 2 atom stereocenters. The number of carbonyl (C=O) groups is 1. The van der Waals surface area contributed by atoms with Crippen LogP contribution in [0.3, 0.4) is 0 Å². The van der Waals surface area contributed by atoms with Crippen molar-refractivity contribution in [3.05, 3.63) is 11.6 Å². The molecule has 0 bridgehead atoms. The van der Waals surface area contributed by atoms with E-state index in [1.54, 1.807) is 0 Å². The zero-order valence-electron chi connectivity index (χ0n) is 24.3. The summed E-state index contributed by atoms with van der Waals surface area (Å²) in [6.07, 6.45) is 26.4. The first-order chi connectivity index (χ1) is 16.3. The minimum absolute atomic E-state index is 0.0308. The summed E-state index contributed by atoms with van der Waals surface area (Å²) in [4.78, 5) is 12.0. The third-order valence-corrected chi connectivity index (χ3v) is 7.22. The van der Waals surface area contributed by atoms with Gasteiger partial charge in [0.05, 0.1) is 0 Å². The molecule has 0 rings (SSSR count). The van der Waals surface area contributed by atoms with E-state index in [9.17, 15) is 4.79 Å². The van der Waals surface area contributed by atoms with Crippen LogP contribution in [0.5, 0.6) is 0 Å². The van der Waals surface area contributed by atoms with E-state index in [-0.39, 0.29) is 5.97 Å². The van der Waals surface area contributed by atoms with Crippen molar-refractivity contribution in [1.82, 2.24) is 0 Å². The Bertz CT molecular complexity index is 479. The zero-order chi connectivity index (χ0) is 25.4. The summed E-state index contributed by atoms with van der Waals surface area (Å²) in [7, 11) is 0. The number of rotatable bonds is 24. The maximum absolute atomic E-state index is 12.0. The largest absolute Gasteiger partial charge is 0.461 e. The highest BCUT2D eigenvalue weighted by Crippen LogP contribution is 2.23. The average Bonchev–Trinajstić information content (AvgIpc) is 2.79. The number of allylic oxidation sites excluding steroid dienone is 1. The molecular formula is C32H62O2. The summed E-state index contributed by atoms with van der Waals surface area (Å²) in [6.45, 7) is 14.3. The van der Waals surface area contributed by atoms with E-state index in [0.29, 0.717) is 13.0 Å². The summed E-state index contributed by atoms with van der Waals surface area (Å²) in [5, 5.41) is 0. The fourth-order valence-corrected chi connectivity index (χ4v) is 4.82. The smallest absolute Gasteiger partial charge is 0.306 e. The fraction of sp³-hybridized carbons (Fsp3) is 0.906. The molecule has 0 saturated heterocycles. The first-order valence-corrected chi connectivity index (χ1v) is 15.2. The summed E-state index contributed by atoms with van der Waals surface area (Å²) < 4.78 is 5.43. The third-order valence-electron chi connectivity index (χ3n) is 7.22. The highest BCUT2D eigenvalue weighted by atomic mass is 16.5. The average molecular weight is 479 g/mol. The molecule has 0 N–H and O–H groups in total. The van der Waals surface area contributed by atoms with Crippen LogP contribution in [0.2, 0.25) is 0 Å². The Hall–Kier alpha value is -0.790. The van der Waals surface area contributed by atoms with Gasteiger partial charge in [-0.15, -0.1) is 0 Å². The molecule has 0 amide bonds. The van der Waals surface area contributed by atoms with Gasteiger partial charge in [0.2, 0.25) is 0 Å². The second-order valence-corrected chi connectivity index (χ2v) is 11.7. The molecule has 0 aromatic carbocycles. The topological polar surface area (TPSA) is 26.3 Å². The summed E-state index contributed by atoms with van der Waals surface area (Å²) in [6, 6.07) is 0. The predicted octanol–water partition coefficient (Wildman–Crippen LogP) is 10.8. The van der Waals surface area contributed by atoms with Gasteiger partial charge in [0.25, 0.3) is 0 Å². The number of ether oxygens (including phenoxy) is 1. The molecular weight excluding hydrogens is 416 g/mol. The number of hydrogen-bond donors (Lipinski definition) is 0. The molecule has 202 valence electrons. The number of unbranched alkanes of at least 4 members (excludes halogenated alkanes) is 11. The quantitative estimate of drug-likeness (QED) is 0.0783. The van der Waals surface area contributed by atoms with E-state index in [2.05, 4.69) is 47.6 Å².